The number of carbonyl (C=O) groups is 1. The number of Topliss-reactive ketones (excluding diaryl/α,β-unsaturated/α-hetero) is 1. The fourth-order valence-electron chi connectivity index (χ4n) is 1.99. The van der Waals surface area contributed by atoms with E-state index in [0.717, 1.165) is 17.0 Å². The molecule has 0 aliphatic rings. The summed E-state index contributed by atoms with van der Waals surface area (Å²) in [5, 5.41) is 4.15. The third kappa shape index (κ3) is 2.89. The first kappa shape index (κ1) is 13.5. The van der Waals surface area contributed by atoms with Crippen LogP contribution in [0, 0.1) is 13.8 Å². The molecule has 4 nitrogen and oxygen atoms in total. The summed E-state index contributed by atoms with van der Waals surface area (Å²) in [7, 11) is 0. The average Bonchev–Trinajstić information content (AvgIpc) is 2.80. The molecule has 0 N–H and O–H groups in total. The number of nitrogens with zero attached hydrogens (tertiary/aromatic N) is 3. The van der Waals surface area contributed by atoms with Gasteiger partial charge in [-0.1, -0.05) is 12.1 Å². The lowest BCUT2D eigenvalue weighted by Gasteiger charge is -2.09. The van der Waals surface area contributed by atoms with Gasteiger partial charge in [0.15, 0.2) is 5.78 Å². The van der Waals surface area contributed by atoms with E-state index in [0.29, 0.717) is 6.42 Å². The van der Waals surface area contributed by atoms with Crippen LogP contribution in [0.15, 0.2) is 24.5 Å². The highest BCUT2D eigenvalue weighted by Gasteiger charge is 2.14. The van der Waals surface area contributed by atoms with Crippen molar-refractivity contribution < 1.29 is 4.79 Å². The second-order valence-corrected chi connectivity index (χ2v) is 5.11. The number of hydrogen-bond acceptors (Lipinski definition) is 3. The van der Waals surface area contributed by atoms with E-state index in [2.05, 4.69) is 10.1 Å². The average molecular weight is 257 g/mol. The number of ketones is 1. The Balaban J connectivity index is 2.21. The maximum Gasteiger partial charge on any atom is 0.170 e. The second-order valence-electron chi connectivity index (χ2n) is 5.11. The third-order valence-corrected chi connectivity index (χ3v) is 3.28. The lowest BCUT2D eigenvalue weighted by Crippen LogP contribution is -2.13. The van der Waals surface area contributed by atoms with Crippen LogP contribution >= 0.6 is 0 Å². The van der Waals surface area contributed by atoms with E-state index in [1.54, 1.807) is 4.68 Å². The van der Waals surface area contributed by atoms with Gasteiger partial charge in [-0.3, -0.25) is 4.79 Å². The zero-order valence-corrected chi connectivity index (χ0v) is 11.8. The molecule has 0 unspecified atom stereocenters. The highest BCUT2D eigenvalue weighted by molar-refractivity contribution is 5.97. The lowest BCUT2D eigenvalue weighted by molar-refractivity contribution is 0.0989. The molecule has 19 heavy (non-hydrogen) atoms. The van der Waals surface area contributed by atoms with Crippen molar-refractivity contribution in [3.63, 3.8) is 0 Å². The van der Waals surface area contributed by atoms with Crippen molar-refractivity contribution in [2.24, 2.45) is 0 Å². The van der Waals surface area contributed by atoms with Gasteiger partial charge in [-0.15, -0.1) is 0 Å². The summed E-state index contributed by atoms with van der Waals surface area (Å²) in [6.45, 7) is 8.11. The van der Waals surface area contributed by atoms with Crippen molar-refractivity contribution in [3.8, 4) is 0 Å². The first-order valence-electron chi connectivity index (χ1n) is 6.48. The highest BCUT2D eigenvalue weighted by Crippen LogP contribution is 2.13. The van der Waals surface area contributed by atoms with Crippen LogP contribution in [0.25, 0.3) is 0 Å². The quantitative estimate of drug-likeness (QED) is 0.791. The Hall–Kier alpha value is -1.97. The first-order chi connectivity index (χ1) is 8.99. The molecular formula is C15H19N3O. The van der Waals surface area contributed by atoms with Gasteiger partial charge in [-0.25, -0.2) is 9.67 Å². The Morgan fingerprint density at radius 1 is 1.26 bits per heavy atom. The summed E-state index contributed by atoms with van der Waals surface area (Å²) in [5.74, 6) is 0.802. The Morgan fingerprint density at radius 3 is 2.63 bits per heavy atom. The summed E-state index contributed by atoms with van der Waals surface area (Å²) in [6.07, 6.45) is 1.80. The smallest absolute Gasteiger partial charge is 0.170 e. The zero-order valence-electron chi connectivity index (χ0n) is 11.8. The number of rotatable bonds is 4. The predicted molar refractivity (Wildman–Crippen MR) is 74.4 cm³/mol. The molecule has 0 saturated carbocycles. The van der Waals surface area contributed by atoms with Crippen molar-refractivity contribution in [1.82, 2.24) is 14.8 Å². The van der Waals surface area contributed by atoms with E-state index in [-0.39, 0.29) is 11.8 Å². The largest absolute Gasteiger partial charge is 0.294 e. The molecule has 4 heteroatoms. The second kappa shape index (κ2) is 5.34. The molecular weight excluding hydrogens is 238 g/mol. The van der Waals surface area contributed by atoms with Crippen LogP contribution in [0.3, 0.4) is 0 Å². The van der Waals surface area contributed by atoms with Gasteiger partial charge >= 0.3 is 0 Å². The molecule has 0 aliphatic carbocycles. The molecule has 2 rings (SSSR count). The maximum atomic E-state index is 12.3. The van der Waals surface area contributed by atoms with E-state index >= 15 is 0 Å². The fourth-order valence-corrected chi connectivity index (χ4v) is 1.99. The van der Waals surface area contributed by atoms with Crippen molar-refractivity contribution in [2.45, 2.75) is 40.2 Å². The minimum Gasteiger partial charge on any atom is -0.294 e. The Labute approximate surface area is 113 Å². The van der Waals surface area contributed by atoms with E-state index in [1.165, 1.54) is 11.9 Å². The summed E-state index contributed by atoms with van der Waals surface area (Å²) in [6, 6.07) is 6.01. The minimum absolute atomic E-state index is 0.0815. The molecule has 0 spiro atoms. The summed E-state index contributed by atoms with van der Waals surface area (Å²) >= 11 is 0. The van der Waals surface area contributed by atoms with Gasteiger partial charge in [-0.05, 0) is 44.9 Å². The summed E-state index contributed by atoms with van der Waals surface area (Å²) in [4.78, 5) is 16.4. The monoisotopic (exact) mass is 257 g/mol. The molecule has 1 aromatic carbocycles. The van der Waals surface area contributed by atoms with Crippen LogP contribution in [0.5, 0.6) is 0 Å². The lowest BCUT2D eigenvalue weighted by atomic mass is 10.0. The van der Waals surface area contributed by atoms with Crippen LogP contribution in [0.2, 0.25) is 0 Å². The molecule has 0 aliphatic heterocycles. The third-order valence-electron chi connectivity index (χ3n) is 3.28. The van der Waals surface area contributed by atoms with Gasteiger partial charge in [0.2, 0.25) is 0 Å². The van der Waals surface area contributed by atoms with Crippen molar-refractivity contribution in [3.05, 3.63) is 47.0 Å². The predicted octanol–water partition coefficient (Wildman–Crippen LogP) is 2.90. The number of aryl methyl sites for hydroxylation is 2. The molecule has 0 bridgehead atoms. The number of benzene rings is 1. The molecule has 0 atom stereocenters. The fraction of sp³-hybridized carbons (Fsp3) is 0.400. The van der Waals surface area contributed by atoms with Crippen LogP contribution in [0.1, 0.15) is 47.2 Å². The van der Waals surface area contributed by atoms with E-state index in [1.807, 2.05) is 45.9 Å². The highest BCUT2D eigenvalue weighted by atomic mass is 16.1. The molecule has 0 radical (unpaired) electrons. The van der Waals surface area contributed by atoms with Crippen molar-refractivity contribution in [1.29, 1.82) is 0 Å². The van der Waals surface area contributed by atoms with E-state index in [4.69, 9.17) is 0 Å². The van der Waals surface area contributed by atoms with Gasteiger partial charge in [0.05, 0.1) is 6.42 Å². The Morgan fingerprint density at radius 2 is 2.00 bits per heavy atom. The number of aromatic nitrogens is 3. The van der Waals surface area contributed by atoms with Gasteiger partial charge in [0, 0.05) is 11.6 Å². The normalized spacial score (nSPS) is 11.0. The molecule has 0 fully saturated rings. The zero-order chi connectivity index (χ0) is 14.0. The molecule has 0 amide bonds. The first-order valence-corrected chi connectivity index (χ1v) is 6.48. The molecule has 100 valence electrons. The maximum absolute atomic E-state index is 12.3. The molecule has 0 saturated heterocycles. The van der Waals surface area contributed by atoms with Crippen molar-refractivity contribution >= 4 is 5.78 Å². The van der Waals surface area contributed by atoms with Gasteiger partial charge in [0.1, 0.15) is 12.2 Å². The van der Waals surface area contributed by atoms with Crippen LogP contribution in [-0.2, 0) is 6.42 Å². The van der Waals surface area contributed by atoms with Gasteiger partial charge < -0.3 is 0 Å². The topological polar surface area (TPSA) is 47.8 Å². The van der Waals surface area contributed by atoms with Gasteiger partial charge in [0.25, 0.3) is 0 Å². The van der Waals surface area contributed by atoms with Gasteiger partial charge in [-0.2, -0.15) is 5.10 Å². The molecule has 1 aromatic heterocycles. The molecule has 2 aromatic rings. The van der Waals surface area contributed by atoms with Crippen LogP contribution in [-0.4, -0.2) is 20.5 Å². The Bertz CT molecular complexity index is 599. The SMILES string of the molecule is Cc1ccc(C(=O)Cc2ncnn2C(C)C)cc1C. The van der Waals surface area contributed by atoms with Crippen molar-refractivity contribution in [2.75, 3.05) is 0 Å². The van der Waals surface area contributed by atoms with Crippen LogP contribution < -0.4 is 0 Å². The van der Waals surface area contributed by atoms with Crippen LogP contribution in [0.4, 0.5) is 0 Å². The summed E-state index contributed by atoms with van der Waals surface area (Å²) < 4.78 is 1.79. The summed E-state index contributed by atoms with van der Waals surface area (Å²) in [5.41, 5.74) is 3.07. The standard InChI is InChI=1S/C15H19N3O/c1-10(2)18-15(16-9-17-18)8-14(19)13-6-5-11(3)12(4)7-13/h5-7,9-10H,8H2,1-4H3. The number of hydrogen-bond donors (Lipinski definition) is 0. The minimum atomic E-state index is 0.0815. The van der Waals surface area contributed by atoms with E-state index in [9.17, 15) is 4.79 Å². The van der Waals surface area contributed by atoms with E-state index < -0.39 is 0 Å². The molecule has 1 heterocycles. The Kier molecular flexibility index (Phi) is 3.79. The number of carbonyl (C=O) groups excluding carboxylic acids is 1.